The SMILES string of the molecule is CCOC(=O)C1CCN(CC(=O)Nc2cccc(C(=O)N(CC)c3ccccc3)c2)CC1. The molecule has 2 aromatic carbocycles. The van der Waals surface area contributed by atoms with Gasteiger partial charge in [-0.25, -0.2) is 0 Å². The molecule has 7 nitrogen and oxygen atoms in total. The third-order valence-corrected chi connectivity index (χ3v) is 5.60. The topological polar surface area (TPSA) is 79.0 Å². The largest absolute Gasteiger partial charge is 0.466 e. The zero-order valence-electron chi connectivity index (χ0n) is 18.8. The van der Waals surface area contributed by atoms with Gasteiger partial charge in [0.2, 0.25) is 5.91 Å². The van der Waals surface area contributed by atoms with Crippen LogP contribution in [-0.4, -0.2) is 55.5 Å². The maximum atomic E-state index is 13.0. The molecule has 2 amide bonds. The summed E-state index contributed by atoms with van der Waals surface area (Å²) in [7, 11) is 0. The molecule has 0 radical (unpaired) electrons. The van der Waals surface area contributed by atoms with E-state index in [0.717, 1.165) is 5.69 Å². The van der Waals surface area contributed by atoms with Crippen molar-refractivity contribution >= 4 is 29.2 Å². The molecular weight excluding hydrogens is 406 g/mol. The summed E-state index contributed by atoms with van der Waals surface area (Å²) in [6.45, 7) is 6.28. The first-order valence-corrected chi connectivity index (χ1v) is 11.2. The summed E-state index contributed by atoms with van der Waals surface area (Å²) in [5.74, 6) is -0.479. The molecule has 170 valence electrons. The number of piperidine rings is 1. The van der Waals surface area contributed by atoms with Crippen LogP contribution in [0, 0.1) is 5.92 Å². The molecular formula is C25H31N3O4. The first-order valence-electron chi connectivity index (χ1n) is 11.2. The normalized spacial score (nSPS) is 14.6. The van der Waals surface area contributed by atoms with Crippen LogP contribution in [0.25, 0.3) is 0 Å². The number of esters is 1. The number of nitrogens with one attached hydrogen (secondary N) is 1. The summed E-state index contributed by atoms with van der Waals surface area (Å²) in [6.07, 6.45) is 1.39. The third-order valence-electron chi connectivity index (χ3n) is 5.60. The van der Waals surface area contributed by atoms with Crippen LogP contribution in [0.1, 0.15) is 37.0 Å². The average Bonchev–Trinajstić information content (AvgIpc) is 2.81. The Balaban J connectivity index is 1.56. The second-order valence-corrected chi connectivity index (χ2v) is 7.82. The van der Waals surface area contributed by atoms with Crippen LogP contribution in [-0.2, 0) is 14.3 Å². The standard InChI is InChI=1S/C25H31N3O4/c1-3-28(22-11-6-5-7-12-22)24(30)20-9-8-10-21(17-20)26-23(29)18-27-15-13-19(14-16-27)25(31)32-4-2/h5-12,17,19H,3-4,13-16,18H2,1-2H3,(H,26,29). The molecule has 1 heterocycles. The average molecular weight is 438 g/mol. The zero-order valence-corrected chi connectivity index (χ0v) is 18.8. The van der Waals surface area contributed by atoms with Crippen LogP contribution in [0.2, 0.25) is 0 Å². The highest BCUT2D eigenvalue weighted by Crippen LogP contribution is 2.20. The van der Waals surface area contributed by atoms with Gasteiger partial charge < -0.3 is 15.0 Å². The number of nitrogens with zero attached hydrogens (tertiary/aromatic N) is 2. The first-order chi connectivity index (χ1) is 15.5. The monoisotopic (exact) mass is 437 g/mol. The lowest BCUT2D eigenvalue weighted by molar-refractivity contribution is -0.149. The van der Waals surface area contributed by atoms with Crippen molar-refractivity contribution in [3.8, 4) is 0 Å². The van der Waals surface area contributed by atoms with Gasteiger partial charge in [-0.1, -0.05) is 24.3 Å². The van der Waals surface area contributed by atoms with Crippen molar-refractivity contribution < 1.29 is 19.1 Å². The highest BCUT2D eigenvalue weighted by molar-refractivity contribution is 6.07. The number of rotatable bonds is 8. The maximum absolute atomic E-state index is 13.0. The van der Waals surface area contributed by atoms with Gasteiger partial charge in [0, 0.05) is 23.5 Å². The summed E-state index contributed by atoms with van der Waals surface area (Å²) in [5.41, 5.74) is 1.94. The van der Waals surface area contributed by atoms with E-state index in [1.165, 1.54) is 0 Å². The molecule has 1 aliphatic rings. The number of carbonyl (C=O) groups is 3. The molecule has 1 N–H and O–H groups in total. The highest BCUT2D eigenvalue weighted by Gasteiger charge is 2.26. The van der Waals surface area contributed by atoms with Gasteiger partial charge in [0.1, 0.15) is 0 Å². The number of amides is 2. The summed E-state index contributed by atoms with van der Waals surface area (Å²) >= 11 is 0. The predicted molar refractivity (Wildman–Crippen MR) is 125 cm³/mol. The number of hydrogen-bond acceptors (Lipinski definition) is 5. The third kappa shape index (κ3) is 6.17. The summed E-state index contributed by atoms with van der Waals surface area (Å²) < 4.78 is 5.09. The Hall–Kier alpha value is -3.19. The quantitative estimate of drug-likeness (QED) is 0.639. The van der Waals surface area contributed by atoms with Gasteiger partial charge >= 0.3 is 5.97 Å². The predicted octanol–water partition coefficient (Wildman–Crippen LogP) is 3.57. The second-order valence-electron chi connectivity index (χ2n) is 7.82. The van der Waals surface area contributed by atoms with Crippen LogP contribution in [0.4, 0.5) is 11.4 Å². The van der Waals surface area contributed by atoms with Gasteiger partial charge in [0.15, 0.2) is 0 Å². The van der Waals surface area contributed by atoms with Crippen LogP contribution in [0.15, 0.2) is 54.6 Å². The zero-order chi connectivity index (χ0) is 22.9. The molecule has 1 saturated heterocycles. The Bertz CT molecular complexity index is 924. The van der Waals surface area contributed by atoms with E-state index in [2.05, 4.69) is 5.32 Å². The number of ether oxygens (including phenoxy) is 1. The van der Waals surface area contributed by atoms with Crippen LogP contribution in [0.3, 0.4) is 0 Å². The fourth-order valence-electron chi connectivity index (χ4n) is 3.93. The first kappa shape index (κ1) is 23.5. The van der Waals surface area contributed by atoms with E-state index in [0.29, 0.717) is 50.3 Å². The molecule has 2 aromatic rings. The van der Waals surface area contributed by atoms with Gasteiger partial charge in [0.05, 0.1) is 19.1 Å². The molecule has 32 heavy (non-hydrogen) atoms. The molecule has 0 saturated carbocycles. The second kappa shape index (κ2) is 11.4. The van der Waals surface area contributed by atoms with E-state index >= 15 is 0 Å². The van der Waals surface area contributed by atoms with Crippen molar-refractivity contribution in [1.29, 1.82) is 0 Å². The fourth-order valence-corrected chi connectivity index (χ4v) is 3.93. The van der Waals surface area contributed by atoms with E-state index < -0.39 is 0 Å². The molecule has 3 rings (SSSR count). The highest BCUT2D eigenvalue weighted by atomic mass is 16.5. The van der Waals surface area contributed by atoms with Gasteiger partial charge in [-0.15, -0.1) is 0 Å². The number of hydrogen-bond donors (Lipinski definition) is 1. The van der Waals surface area contributed by atoms with Crippen molar-refractivity contribution in [2.75, 3.05) is 43.0 Å². The molecule has 1 fully saturated rings. The Morgan fingerprint density at radius 2 is 1.75 bits per heavy atom. The maximum Gasteiger partial charge on any atom is 0.309 e. The van der Waals surface area contributed by atoms with Crippen molar-refractivity contribution in [2.24, 2.45) is 5.92 Å². The lowest BCUT2D eigenvalue weighted by Gasteiger charge is -2.30. The molecule has 0 spiro atoms. The molecule has 0 unspecified atom stereocenters. The minimum atomic E-state index is -0.144. The van der Waals surface area contributed by atoms with Crippen molar-refractivity contribution in [1.82, 2.24) is 4.90 Å². The Morgan fingerprint density at radius 1 is 1.03 bits per heavy atom. The number of likely N-dealkylation sites (tertiary alicyclic amines) is 1. The van der Waals surface area contributed by atoms with Crippen LogP contribution < -0.4 is 10.2 Å². The van der Waals surface area contributed by atoms with E-state index in [1.807, 2.05) is 42.2 Å². The number of carbonyl (C=O) groups excluding carboxylic acids is 3. The van der Waals surface area contributed by atoms with Gasteiger partial charge in [-0.3, -0.25) is 19.3 Å². The lowest BCUT2D eigenvalue weighted by Crippen LogP contribution is -2.41. The Kier molecular flexibility index (Phi) is 8.39. The number of benzene rings is 2. The van der Waals surface area contributed by atoms with E-state index in [-0.39, 0.29) is 30.2 Å². The summed E-state index contributed by atoms with van der Waals surface area (Å²) in [5, 5.41) is 2.89. The minimum Gasteiger partial charge on any atom is -0.466 e. The van der Waals surface area contributed by atoms with Gasteiger partial charge in [-0.05, 0) is 70.1 Å². The molecule has 0 aliphatic carbocycles. The minimum absolute atomic E-state index is 0.0805. The van der Waals surface area contributed by atoms with Crippen molar-refractivity contribution in [2.45, 2.75) is 26.7 Å². The molecule has 7 heteroatoms. The molecule has 1 aliphatic heterocycles. The van der Waals surface area contributed by atoms with E-state index in [4.69, 9.17) is 4.74 Å². The van der Waals surface area contributed by atoms with Crippen molar-refractivity contribution in [3.63, 3.8) is 0 Å². The summed E-state index contributed by atoms with van der Waals surface area (Å²) in [6, 6.07) is 16.5. The lowest BCUT2D eigenvalue weighted by atomic mass is 9.97. The van der Waals surface area contributed by atoms with E-state index in [9.17, 15) is 14.4 Å². The van der Waals surface area contributed by atoms with Crippen LogP contribution in [0.5, 0.6) is 0 Å². The number of anilines is 2. The van der Waals surface area contributed by atoms with E-state index in [1.54, 1.807) is 36.1 Å². The van der Waals surface area contributed by atoms with Gasteiger partial charge in [0.25, 0.3) is 5.91 Å². The fraction of sp³-hybridized carbons (Fsp3) is 0.400. The number of para-hydroxylation sites is 1. The molecule has 0 bridgehead atoms. The molecule has 0 aromatic heterocycles. The van der Waals surface area contributed by atoms with Crippen LogP contribution >= 0.6 is 0 Å². The van der Waals surface area contributed by atoms with Gasteiger partial charge in [-0.2, -0.15) is 0 Å². The summed E-state index contributed by atoms with van der Waals surface area (Å²) in [4.78, 5) is 41.2. The Morgan fingerprint density at radius 3 is 2.41 bits per heavy atom. The molecule has 0 atom stereocenters. The van der Waals surface area contributed by atoms with Crippen molar-refractivity contribution in [3.05, 3.63) is 60.2 Å². The Labute approximate surface area is 189 Å². The smallest absolute Gasteiger partial charge is 0.309 e.